The number of nitrogens with one attached hydrogen (secondary N) is 1. The van der Waals surface area contributed by atoms with Crippen LogP contribution in [-0.4, -0.2) is 17.7 Å². The lowest BCUT2D eigenvalue weighted by molar-refractivity contribution is -0.128. The second-order valence-electron chi connectivity index (χ2n) is 2.30. The number of nitrogens with zero attached hydrogens (tertiary/aromatic N) is 1. The molecule has 1 N–H and O–H groups in total. The second kappa shape index (κ2) is 3.14. The number of Topliss-reactive ketones (excluding diaryl/α,β-unsaturated/α-hetero) is 1. The van der Waals surface area contributed by atoms with E-state index in [0.29, 0.717) is 5.70 Å². The summed E-state index contributed by atoms with van der Waals surface area (Å²) < 4.78 is 0.201. The highest BCUT2D eigenvalue weighted by atomic mass is 79.9. The van der Waals surface area contributed by atoms with E-state index in [2.05, 4.69) is 26.4 Å². The van der Waals surface area contributed by atoms with E-state index < -0.39 is 17.7 Å². The minimum atomic E-state index is -1.44. The van der Waals surface area contributed by atoms with Gasteiger partial charge in [0.1, 0.15) is 0 Å². The number of ketones is 1. The van der Waals surface area contributed by atoms with Crippen molar-refractivity contribution in [2.24, 2.45) is 5.18 Å². The zero-order valence-electron chi connectivity index (χ0n) is 6.13. The third-order valence-electron chi connectivity index (χ3n) is 1.46. The molecule has 0 saturated heterocycles. The first-order valence-electron chi connectivity index (χ1n) is 3.12. The van der Waals surface area contributed by atoms with Gasteiger partial charge in [-0.15, -0.1) is 4.91 Å². The van der Waals surface area contributed by atoms with Crippen molar-refractivity contribution in [1.82, 2.24) is 5.32 Å². The average molecular weight is 233 g/mol. The fourth-order valence-electron chi connectivity index (χ4n) is 0.828. The standard InChI is InChI=1S/C6H5BrN2O3/c1-2-3(7)5(10)4(9-12)6(11)8-2/h4H,1H3,(H,8,11). The summed E-state index contributed by atoms with van der Waals surface area (Å²) in [6.45, 7) is 1.56. The van der Waals surface area contributed by atoms with Crippen LogP contribution in [0.3, 0.4) is 0 Å². The molecule has 0 saturated carbocycles. The highest BCUT2D eigenvalue weighted by Gasteiger charge is 2.34. The zero-order chi connectivity index (χ0) is 9.30. The van der Waals surface area contributed by atoms with Gasteiger partial charge in [0, 0.05) is 5.70 Å². The SMILES string of the molecule is CC1=C(Br)C(=O)C(N=O)C(=O)N1. The van der Waals surface area contributed by atoms with Gasteiger partial charge in [0.2, 0.25) is 11.8 Å². The molecule has 0 aromatic carbocycles. The van der Waals surface area contributed by atoms with Crippen LogP contribution in [0.15, 0.2) is 15.4 Å². The van der Waals surface area contributed by atoms with Gasteiger partial charge in [-0.25, -0.2) is 0 Å². The molecule has 1 unspecified atom stereocenters. The van der Waals surface area contributed by atoms with E-state index in [0.717, 1.165) is 0 Å². The van der Waals surface area contributed by atoms with Crippen molar-refractivity contribution in [3.05, 3.63) is 15.1 Å². The molecule has 0 spiro atoms. The van der Waals surface area contributed by atoms with Crippen molar-refractivity contribution in [2.45, 2.75) is 13.0 Å². The molecular formula is C6H5BrN2O3. The van der Waals surface area contributed by atoms with Gasteiger partial charge in [-0.05, 0) is 28.0 Å². The molecule has 0 radical (unpaired) electrons. The number of carbonyl (C=O) groups is 2. The van der Waals surface area contributed by atoms with Gasteiger partial charge in [-0.3, -0.25) is 9.59 Å². The lowest BCUT2D eigenvalue weighted by Gasteiger charge is -2.16. The number of hydrogen-bond acceptors (Lipinski definition) is 4. The molecule has 1 aliphatic heterocycles. The fraction of sp³-hybridized carbons (Fsp3) is 0.333. The molecule has 0 bridgehead atoms. The largest absolute Gasteiger partial charge is 0.326 e. The van der Waals surface area contributed by atoms with Crippen LogP contribution in [0.5, 0.6) is 0 Å². The van der Waals surface area contributed by atoms with Crippen LogP contribution < -0.4 is 5.32 Å². The fourth-order valence-corrected chi connectivity index (χ4v) is 1.14. The van der Waals surface area contributed by atoms with E-state index >= 15 is 0 Å². The Labute approximate surface area is 76.3 Å². The second-order valence-corrected chi connectivity index (χ2v) is 3.09. The van der Waals surface area contributed by atoms with Crippen LogP contribution in [0.4, 0.5) is 0 Å². The van der Waals surface area contributed by atoms with Crippen LogP contribution in [0.1, 0.15) is 6.92 Å². The molecule has 1 rings (SSSR count). The van der Waals surface area contributed by atoms with Gasteiger partial charge in [-0.1, -0.05) is 0 Å². The number of halogens is 1. The minimum absolute atomic E-state index is 0.201. The van der Waals surface area contributed by atoms with E-state index in [4.69, 9.17) is 0 Å². The molecule has 1 amide bonds. The predicted molar refractivity (Wildman–Crippen MR) is 44.4 cm³/mol. The Hall–Kier alpha value is -1.04. The van der Waals surface area contributed by atoms with Crippen LogP contribution in [-0.2, 0) is 9.59 Å². The Bertz CT molecular complexity index is 297. The summed E-state index contributed by atoms with van der Waals surface area (Å²) in [6.07, 6.45) is 0. The summed E-state index contributed by atoms with van der Waals surface area (Å²) in [6, 6.07) is -1.44. The Morgan fingerprint density at radius 2 is 2.08 bits per heavy atom. The summed E-state index contributed by atoms with van der Waals surface area (Å²) in [7, 11) is 0. The maximum atomic E-state index is 11.1. The van der Waals surface area contributed by atoms with E-state index in [1.807, 2.05) is 0 Å². The normalized spacial score (nSPS) is 24.0. The summed E-state index contributed by atoms with van der Waals surface area (Å²) in [5, 5.41) is 4.76. The summed E-state index contributed by atoms with van der Waals surface area (Å²) in [5.41, 5.74) is 0.407. The van der Waals surface area contributed by atoms with Gasteiger partial charge in [0.25, 0.3) is 5.91 Å². The number of allylic oxidation sites excluding steroid dienone is 1. The number of hydrogen-bond donors (Lipinski definition) is 1. The Kier molecular flexibility index (Phi) is 2.37. The van der Waals surface area contributed by atoms with Crippen LogP contribution in [0.2, 0.25) is 0 Å². The lowest BCUT2D eigenvalue weighted by atomic mass is 10.1. The molecule has 5 nitrogen and oxygen atoms in total. The maximum absolute atomic E-state index is 11.1. The third-order valence-corrected chi connectivity index (χ3v) is 2.44. The first-order valence-corrected chi connectivity index (χ1v) is 3.91. The number of carbonyl (C=O) groups excluding carboxylic acids is 2. The molecule has 0 aromatic rings. The third kappa shape index (κ3) is 1.29. The molecule has 1 heterocycles. The highest BCUT2D eigenvalue weighted by Crippen LogP contribution is 2.19. The van der Waals surface area contributed by atoms with Gasteiger partial charge in [-0.2, -0.15) is 0 Å². The molecule has 1 atom stereocenters. The van der Waals surface area contributed by atoms with Crippen molar-refractivity contribution >= 4 is 27.6 Å². The molecule has 0 aliphatic carbocycles. The topological polar surface area (TPSA) is 75.6 Å². The highest BCUT2D eigenvalue weighted by molar-refractivity contribution is 9.12. The first kappa shape index (κ1) is 9.05. The van der Waals surface area contributed by atoms with Crippen LogP contribution in [0.25, 0.3) is 0 Å². The van der Waals surface area contributed by atoms with Gasteiger partial charge in [0.15, 0.2) is 0 Å². The molecule has 64 valence electrons. The summed E-state index contributed by atoms with van der Waals surface area (Å²) >= 11 is 2.94. The van der Waals surface area contributed by atoms with Gasteiger partial charge >= 0.3 is 0 Å². The zero-order valence-corrected chi connectivity index (χ0v) is 7.71. The molecule has 12 heavy (non-hydrogen) atoms. The minimum Gasteiger partial charge on any atom is -0.326 e. The van der Waals surface area contributed by atoms with Crippen molar-refractivity contribution in [3.63, 3.8) is 0 Å². The first-order chi connectivity index (χ1) is 5.57. The Morgan fingerprint density at radius 3 is 2.58 bits per heavy atom. The number of nitroso groups, excluding NO2 is 1. The van der Waals surface area contributed by atoms with Gasteiger partial charge < -0.3 is 5.32 Å². The molecule has 0 aromatic heterocycles. The smallest absolute Gasteiger partial charge is 0.260 e. The van der Waals surface area contributed by atoms with Crippen molar-refractivity contribution in [2.75, 3.05) is 0 Å². The lowest BCUT2D eigenvalue weighted by Crippen LogP contribution is -2.42. The summed E-state index contributed by atoms with van der Waals surface area (Å²) in [5.74, 6) is -1.26. The van der Waals surface area contributed by atoms with Crippen LogP contribution in [0, 0.1) is 4.91 Å². The molecule has 1 aliphatic rings. The maximum Gasteiger partial charge on any atom is 0.260 e. The quantitative estimate of drug-likeness (QED) is 0.527. The monoisotopic (exact) mass is 232 g/mol. The predicted octanol–water partition coefficient (Wildman–Crippen LogP) is 0.447. The van der Waals surface area contributed by atoms with Crippen molar-refractivity contribution in [1.29, 1.82) is 0 Å². The van der Waals surface area contributed by atoms with Crippen molar-refractivity contribution in [3.8, 4) is 0 Å². The number of amides is 1. The van der Waals surface area contributed by atoms with Crippen LogP contribution >= 0.6 is 15.9 Å². The van der Waals surface area contributed by atoms with E-state index in [9.17, 15) is 14.5 Å². The van der Waals surface area contributed by atoms with E-state index in [1.165, 1.54) is 0 Å². The van der Waals surface area contributed by atoms with E-state index in [1.54, 1.807) is 6.92 Å². The molecule has 0 fully saturated rings. The van der Waals surface area contributed by atoms with E-state index in [-0.39, 0.29) is 4.48 Å². The average Bonchev–Trinajstić information content (AvgIpc) is 2.01. The Morgan fingerprint density at radius 1 is 1.50 bits per heavy atom. The Balaban J connectivity index is 3.09. The van der Waals surface area contributed by atoms with Crippen molar-refractivity contribution < 1.29 is 9.59 Å². The van der Waals surface area contributed by atoms with Gasteiger partial charge in [0.05, 0.1) is 4.48 Å². The number of rotatable bonds is 1. The molecule has 6 heteroatoms. The summed E-state index contributed by atoms with van der Waals surface area (Å²) in [4.78, 5) is 32.1. The molecular weight excluding hydrogens is 228 g/mol.